The number of carbonyl (C=O) groups excluding carboxylic acids is 2. The van der Waals surface area contributed by atoms with E-state index >= 15 is 0 Å². The van der Waals surface area contributed by atoms with Gasteiger partial charge < -0.3 is 0 Å². The van der Waals surface area contributed by atoms with Crippen LogP contribution in [0.3, 0.4) is 0 Å². The smallest absolute Gasteiger partial charge is 0.238 e. The summed E-state index contributed by atoms with van der Waals surface area (Å²) in [6.07, 6.45) is 4.78. The summed E-state index contributed by atoms with van der Waals surface area (Å²) in [6.45, 7) is 0. The van der Waals surface area contributed by atoms with Gasteiger partial charge in [0.1, 0.15) is 0 Å². The van der Waals surface area contributed by atoms with Gasteiger partial charge in [-0.1, -0.05) is 12.2 Å². The second kappa shape index (κ2) is 3.63. The minimum absolute atomic E-state index is 0.112. The van der Waals surface area contributed by atoms with E-state index in [0.29, 0.717) is 0 Å². The third-order valence-corrected chi connectivity index (χ3v) is 3.35. The van der Waals surface area contributed by atoms with Gasteiger partial charge >= 0.3 is 0 Å². The summed E-state index contributed by atoms with van der Waals surface area (Å²) >= 11 is 0. The van der Waals surface area contributed by atoms with Crippen molar-refractivity contribution in [2.24, 2.45) is 35.4 Å². The first kappa shape index (κ1) is 10.1. The van der Waals surface area contributed by atoms with E-state index in [4.69, 9.17) is 11.7 Å². The fourth-order valence-corrected chi connectivity index (χ4v) is 2.73. The number of amides is 2. The van der Waals surface area contributed by atoms with Crippen LogP contribution in [0.2, 0.25) is 0 Å². The van der Waals surface area contributed by atoms with Crippen LogP contribution in [0, 0.1) is 23.7 Å². The largest absolute Gasteiger partial charge is 0.294 e. The van der Waals surface area contributed by atoms with E-state index in [0.717, 1.165) is 6.42 Å². The molecule has 1 fully saturated rings. The van der Waals surface area contributed by atoms with Crippen LogP contribution in [-0.2, 0) is 9.59 Å². The average Bonchev–Trinajstić information content (AvgIpc) is 2.86. The molecule has 0 saturated heterocycles. The SMILES string of the molecule is NNC(=O)[C@@H]1[C@H](C(=O)NN)[C@@H]2C=C[C@@H]1C2. The van der Waals surface area contributed by atoms with E-state index in [2.05, 4.69) is 10.9 Å². The molecule has 2 aliphatic carbocycles. The van der Waals surface area contributed by atoms with Crippen molar-refractivity contribution in [3.63, 3.8) is 0 Å². The molecule has 0 radical (unpaired) electrons. The van der Waals surface area contributed by atoms with Crippen LogP contribution in [0.25, 0.3) is 0 Å². The van der Waals surface area contributed by atoms with Crippen LogP contribution in [0.1, 0.15) is 6.42 Å². The Kier molecular flexibility index (Phi) is 2.45. The Morgan fingerprint density at radius 1 is 1.00 bits per heavy atom. The molecule has 2 bridgehead atoms. The number of carbonyl (C=O) groups is 2. The van der Waals surface area contributed by atoms with Crippen molar-refractivity contribution in [3.05, 3.63) is 12.2 Å². The van der Waals surface area contributed by atoms with Crippen LogP contribution < -0.4 is 22.5 Å². The molecular weight excluding hydrogens is 196 g/mol. The molecule has 0 heterocycles. The number of nitrogens with one attached hydrogen (secondary N) is 2. The zero-order valence-electron chi connectivity index (χ0n) is 8.14. The highest BCUT2D eigenvalue weighted by molar-refractivity contribution is 5.89. The van der Waals surface area contributed by atoms with E-state index < -0.39 is 0 Å². The lowest BCUT2D eigenvalue weighted by molar-refractivity contribution is -0.135. The maximum atomic E-state index is 11.5. The minimum atomic E-state index is -0.381. The van der Waals surface area contributed by atoms with E-state index in [9.17, 15) is 9.59 Å². The first-order valence-corrected chi connectivity index (χ1v) is 4.88. The number of hydrogen-bond donors (Lipinski definition) is 4. The van der Waals surface area contributed by atoms with Gasteiger partial charge in [0.15, 0.2) is 0 Å². The molecule has 0 aliphatic heterocycles. The molecule has 2 aliphatic rings. The fraction of sp³-hybridized carbons (Fsp3) is 0.556. The van der Waals surface area contributed by atoms with Gasteiger partial charge in [0.25, 0.3) is 0 Å². The molecule has 15 heavy (non-hydrogen) atoms. The molecule has 0 aromatic rings. The zero-order valence-corrected chi connectivity index (χ0v) is 8.14. The molecular formula is C9H14N4O2. The normalized spacial score (nSPS) is 36.7. The van der Waals surface area contributed by atoms with Crippen molar-refractivity contribution in [2.45, 2.75) is 6.42 Å². The summed E-state index contributed by atoms with van der Waals surface area (Å²) in [5, 5.41) is 0. The summed E-state index contributed by atoms with van der Waals surface area (Å²) in [5.74, 6) is 9.08. The van der Waals surface area contributed by atoms with Gasteiger partial charge in [-0.2, -0.15) is 0 Å². The lowest BCUT2D eigenvalue weighted by atomic mass is 9.82. The maximum Gasteiger partial charge on any atom is 0.238 e. The van der Waals surface area contributed by atoms with Crippen LogP contribution in [-0.4, -0.2) is 11.8 Å². The van der Waals surface area contributed by atoms with E-state index in [-0.39, 0.29) is 35.5 Å². The van der Waals surface area contributed by atoms with Gasteiger partial charge in [0.05, 0.1) is 11.8 Å². The molecule has 2 rings (SSSR count). The quantitative estimate of drug-likeness (QED) is 0.190. The van der Waals surface area contributed by atoms with Gasteiger partial charge in [-0.05, 0) is 18.3 Å². The highest BCUT2D eigenvalue weighted by atomic mass is 16.2. The molecule has 0 aromatic heterocycles. The van der Waals surface area contributed by atoms with Gasteiger partial charge in [-0.15, -0.1) is 0 Å². The molecule has 82 valence electrons. The molecule has 0 aromatic carbocycles. The molecule has 4 atom stereocenters. The highest BCUT2D eigenvalue weighted by Gasteiger charge is 2.51. The Bertz CT molecular complexity index is 298. The maximum absolute atomic E-state index is 11.5. The van der Waals surface area contributed by atoms with Crippen molar-refractivity contribution in [1.29, 1.82) is 0 Å². The Morgan fingerprint density at radius 2 is 1.40 bits per heavy atom. The predicted octanol–water partition coefficient (Wildman–Crippen LogP) is -1.60. The third-order valence-electron chi connectivity index (χ3n) is 3.35. The van der Waals surface area contributed by atoms with Gasteiger partial charge in [0, 0.05) is 0 Å². The summed E-state index contributed by atoms with van der Waals surface area (Å²) < 4.78 is 0. The van der Waals surface area contributed by atoms with Crippen molar-refractivity contribution >= 4 is 11.8 Å². The Labute approximate surface area is 87.0 Å². The summed E-state index contributed by atoms with van der Waals surface area (Å²) in [7, 11) is 0. The highest BCUT2D eigenvalue weighted by Crippen LogP contribution is 2.47. The standard InChI is InChI=1S/C9H14N4O2/c10-12-8(14)6-4-1-2-5(3-4)7(6)9(15)13-11/h1-2,4-7H,3,10-11H2,(H,12,14)(H,13,15)/t4-,5-,6-,7+/m1/s1. The number of hydrogen-bond acceptors (Lipinski definition) is 4. The van der Waals surface area contributed by atoms with Crippen LogP contribution in [0.5, 0.6) is 0 Å². The monoisotopic (exact) mass is 210 g/mol. The molecule has 0 spiro atoms. The first-order valence-electron chi connectivity index (χ1n) is 4.88. The van der Waals surface area contributed by atoms with E-state index in [1.165, 1.54) is 0 Å². The lowest BCUT2D eigenvalue weighted by Crippen LogP contribution is -2.47. The van der Waals surface area contributed by atoms with Crippen LogP contribution in [0.15, 0.2) is 12.2 Å². The predicted molar refractivity (Wildman–Crippen MR) is 52.4 cm³/mol. The number of hydrazine groups is 2. The first-order chi connectivity index (χ1) is 7.19. The number of allylic oxidation sites excluding steroid dienone is 2. The lowest BCUT2D eigenvalue weighted by Gasteiger charge is -2.24. The molecule has 1 saturated carbocycles. The minimum Gasteiger partial charge on any atom is -0.294 e. The van der Waals surface area contributed by atoms with Crippen molar-refractivity contribution in [3.8, 4) is 0 Å². The third kappa shape index (κ3) is 1.42. The second-order valence-corrected chi connectivity index (χ2v) is 4.02. The molecule has 6 N–H and O–H groups in total. The summed E-state index contributed by atoms with van der Waals surface area (Å²) in [5.41, 5.74) is 4.21. The molecule has 2 amide bonds. The Hall–Kier alpha value is -1.40. The Morgan fingerprint density at radius 3 is 1.73 bits per heavy atom. The fourth-order valence-electron chi connectivity index (χ4n) is 2.73. The molecule has 6 heteroatoms. The van der Waals surface area contributed by atoms with Gasteiger partial charge in [-0.25, -0.2) is 11.7 Å². The summed E-state index contributed by atoms with van der Waals surface area (Å²) in [4.78, 5) is 23.1. The van der Waals surface area contributed by atoms with Gasteiger partial charge in [-0.3, -0.25) is 20.4 Å². The zero-order chi connectivity index (χ0) is 11.0. The van der Waals surface area contributed by atoms with E-state index in [1.54, 1.807) is 0 Å². The van der Waals surface area contributed by atoms with E-state index in [1.807, 2.05) is 12.2 Å². The molecule has 0 unspecified atom stereocenters. The Balaban J connectivity index is 2.24. The van der Waals surface area contributed by atoms with Crippen LogP contribution in [0.4, 0.5) is 0 Å². The topological polar surface area (TPSA) is 110 Å². The average molecular weight is 210 g/mol. The van der Waals surface area contributed by atoms with Crippen molar-refractivity contribution in [1.82, 2.24) is 10.9 Å². The van der Waals surface area contributed by atoms with Crippen molar-refractivity contribution < 1.29 is 9.59 Å². The molecule has 6 nitrogen and oxygen atoms in total. The number of rotatable bonds is 2. The van der Waals surface area contributed by atoms with Crippen molar-refractivity contribution in [2.75, 3.05) is 0 Å². The second-order valence-electron chi connectivity index (χ2n) is 4.02. The van der Waals surface area contributed by atoms with Crippen LogP contribution >= 0.6 is 0 Å². The summed E-state index contributed by atoms with van der Waals surface area (Å²) in [6, 6.07) is 0. The number of nitrogens with two attached hydrogens (primary N) is 2. The van der Waals surface area contributed by atoms with Gasteiger partial charge in [0.2, 0.25) is 11.8 Å². The number of fused-ring (bicyclic) bond motifs is 2.